The predicted molar refractivity (Wildman–Crippen MR) is 108 cm³/mol. The van der Waals surface area contributed by atoms with E-state index in [0.29, 0.717) is 37.9 Å². The van der Waals surface area contributed by atoms with E-state index in [0.717, 1.165) is 25.9 Å². The molecule has 4 rings (SSSR count). The van der Waals surface area contributed by atoms with Crippen LogP contribution in [0.2, 0.25) is 0 Å². The zero-order valence-corrected chi connectivity index (χ0v) is 16.3. The standard InChI is InChI=1S/C21H27N5O2/c1-16-4-2-3-5-17(16)14-26-15-21(28-13-7-19(26)27)8-11-25(12-9-21)20-23-10-6-18(22)24-20/h2-6,10H,7-9,11-15H2,1H3,(H2,22,23,24). The smallest absolute Gasteiger partial charge is 0.227 e. The second kappa shape index (κ2) is 7.75. The third-order valence-corrected chi connectivity index (χ3v) is 5.80. The Morgan fingerprint density at radius 1 is 1.21 bits per heavy atom. The van der Waals surface area contributed by atoms with Crippen LogP contribution in [0.15, 0.2) is 36.5 Å². The number of aryl methyl sites for hydroxylation is 1. The number of hydrogen-bond acceptors (Lipinski definition) is 6. The zero-order valence-electron chi connectivity index (χ0n) is 16.3. The molecule has 0 radical (unpaired) electrons. The van der Waals surface area contributed by atoms with Crippen LogP contribution >= 0.6 is 0 Å². The van der Waals surface area contributed by atoms with E-state index >= 15 is 0 Å². The molecule has 7 heteroatoms. The Bertz CT molecular complexity index is 848. The molecule has 0 aliphatic carbocycles. The molecular formula is C21H27N5O2. The number of aromatic nitrogens is 2. The lowest BCUT2D eigenvalue weighted by Gasteiger charge is -2.42. The minimum absolute atomic E-state index is 0.168. The molecule has 1 spiro atoms. The van der Waals surface area contributed by atoms with E-state index in [1.807, 2.05) is 17.0 Å². The number of rotatable bonds is 3. The van der Waals surface area contributed by atoms with Gasteiger partial charge in [0, 0.05) is 25.8 Å². The number of anilines is 2. The van der Waals surface area contributed by atoms with Crippen molar-refractivity contribution in [3.8, 4) is 0 Å². The van der Waals surface area contributed by atoms with E-state index in [4.69, 9.17) is 10.5 Å². The van der Waals surface area contributed by atoms with E-state index in [-0.39, 0.29) is 11.5 Å². The van der Waals surface area contributed by atoms with Crippen molar-refractivity contribution in [1.29, 1.82) is 0 Å². The number of piperidine rings is 1. The van der Waals surface area contributed by atoms with Gasteiger partial charge in [0.15, 0.2) is 0 Å². The van der Waals surface area contributed by atoms with Gasteiger partial charge in [-0.2, -0.15) is 4.98 Å². The van der Waals surface area contributed by atoms with Crippen LogP contribution in [0, 0.1) is 6.92 Å². The maximum Gasteiger partial charge on any atom is 0.227 e. The van der Waals surface area contributed by atoms with Crippen LogP contribution in [0.3, 0.4) is 0 Å². The van der Waals surface area contributed by atoms with Gasteiger partial charge in [0.1, 0.15) is 5.82 Å². The molecule has 0 atom stereocenters. The Kier molecular flexibility index (Phi) is 5.17. The molecule has 2 fully saturated rings. The molecule has 1 aromatic heterocycles. The highest BCUT2D eigenvalue weighted by Gasteiger charge is 2.40. The second-order valence-electron chi connectivity index (χ2n) is 7.73. The van der Waals surface area contributed by atoms with Crippen molar-refractivity contribution in [1.82, 2.24) is 14.9 Å². The summed E-state index contributed by atoms with van der Waals surface area (Å²) in [6, 6.07) is 9.94. The van der Waals surface area contributed by atoms with Crippen molar-refractivity contribution in [2.45, 2.75) is 38.3 Å². The highest BCUT2D eigenvalue weighted by Crippen LogP contribution is 2.32. The topological polar surface area (TPSA) is 84.6 Å². The van der Waals surface area contributed by atoms with Crippen LogP contribution in [0.4, 0.5) is 11.8 Å². The van der Waals surface area contributed by atoms with Crippen molar-refractivity contribution in [3.05, 3.63) is 47.7 Å². The monoisotopic (exact) mass is 381 g/mol. The summed E-state index contributed by atoms with van der Waals surface area (Å²) in [6.07, 6.45) is 3.80. The average molecular weight is 381 g/mol. The second-order valence-corrected chi connectivity index (χ2v) is 7.73. The number of amides is 1. The molecule has 0 saturated carbocycles. The Morgan fingerprint density at radius 3 is 2.75 bits per heavy atom. The third-order valence-electron chi connectivity index (χ3n) is 5.80. The van der Waals surface area contributed by atoms with Gasteiger partial charge >= 0.3 is 0 Å². The van der Waals surface area contributed by atoms with Gasteiger partial charge in [0.2, 0.25) is 11.9 Å². The highest BCUT2D eigenvalue weighted by atomic mass is 16.5. The molecule has 7 nitrogen and oxygen atoms in total. The summed E-state index contributed by atoms with van der Waals surface area (Å²) < 4.78 is 6.25. The van der Waals surface area contributed by atoms with Gasteiger partial charge in [0.05, 0.1) is 25.2 Å². The van der Waals surface area contributed by atoms with E-state index in [1.54, 1.807) is 12.3 Å². The van der Waals surface area contributed by atoms with Crippen LogP contribution in [0.25, 0.3) is 0 Å². The number of nitrogens with zero attached hydrogens (tertiary/aromatic N) is 4. The van der Waals surface area contributed by atoms with Crippen molar-refractivity contribution in [3.63, 3.8) is 0 Å². The van der Waals surface area contributed by atoms with Crippen molar-refractivity contribution in [2.75, 3.05) is 36.9 Å². The molecule has 148 valence electrons. The van der Waals surface area contributed by atoms with E-state index in [9.17, 15) is 4.79 Å². The van der Waals surface area contributed by atoms with E-state index in [2.05, 4.69) is 33.9 Å². The Balaban J connectivity index is 1.47. The van der Waals surface area contributed by atoms with Gasteiger partial charge < -0.3 is 20.3 Å². The molecular weight excluding hydrogens is 354 g/mol. The molecule has 1 amide bonds. The summed E-state index contributed by atoms with van der Waals surface area (Å²) in [4.78, 5) is 25.5. The molecule has 0 bridgehead atoms. The fraction of sp³-hybridized carbons (Fsp3) is 0.476. The van der Waals surface area contributed by atoms with Gasteiger partial charge in [-0.3, -0.25) is 4.79 Å². The lowest BCUT2D eigenvalue weighted by Crippen LogP contribution is -2.52. The largest absolute Gasteiger partial charge is 0.384 e. The van der Waals surface area contributed by atoms with Gasteiger partial charge in [-0.25, -0.2) is 4.98 Å². The van der Waals surface area contributed by atoms with Crippen LogP contribution < -0.4 is 10.6 Å². The fourth-order valence-corrected chi connectivity index (χ4v) is 4.06. The highest BCUT2D eigenvalue weighted by molar-refractivity contribution is 5.76. The summed E-state index contributed by atoms with van der Waals surface area (Å²) >= 11 is 0. The Hall–Kier alpha value is -2.67. The van der Waals surface area contributed by atoms with Crippen LogP contribution in [-0.2, 0) is 16.1 Å². The summed E-state index contributed by atoms with van der Waals surface area (Å²) in [5.74, 6) is 1.31. The Morgan fingerprint density at radius 2 is 2.00 bits per heavy atom. The normalized spacial score (nSPS) is 19.7. The van der Waals surface area contributed by atoms with Gasteiger partial charge in [-0.15, -0.1) is 0 Å². The lowest BCUT2D eigenvalue weighted by molar-refractivity contribution is -0.132. The molecule has 1 aromatic carbocycles. The number of carbonyl (C=O) groups is 1. The van der Waals surface area contributed by atoms with E-state index < -0.39 is 0 Å². The SMILES string of the molecule is Cc1ccccc1CN1CC2(CCN(c3nccc(N)n3)CC2)OCCC1=O. The maximum absolute atomic E-state index is 12.7. The summed E-state index contributed by atoms with van der Waals surface area (Å²) in [5.41, 5.74) is 7.90. The number of nitrogen functional groups attached to an aromatic ring is 1. The molecule has 2 N–H and O–H groups in total. The van der Waals surface area contributed by atoms with Crippen molar-refractivity contribution < 1.29 is 9.53 Å². The number of hydrogen-bond donors (Lipinski definition) is 1. The molecule has 2 saturated heterocycles. The quantitative estimate of drug-likeness (QED) is 0.877. The average Bonchev–Trinajstić information content (AvgIpc) is 2.83. The first kappa shape index (κ1) is 18.7. The van der Waals surface area contributed by atoms with Crippen LogP contribution in [0.1, 0.15) is 30.4 Å². The van der Waals surface area contributed by atoms with E-state index in [1.165, 1.54) is 11.1 Å². The molecule has 2 aliphatic heterocycles. The molecule has 3 heterocycles. The molecule has 28 heavy (non-hydrogen) atoms. The van der Waals surface area contributed by atoms with Gasteiger partial charge in [0.25, 0.3) is 0 Å². The Labute approximate surface area is 165 Å². The maximum atomic E-state index is 12.7. The summed E-state index contributed by atoms with van der Waals surface area (Å²) in [5, 5.41) is 0. The third kappa shape index (κ3) is 3.94. The van der Waals surface area contributed by atoms with Crippen LogP contribution in [-0.4, -0.2) is 52.6 Å². The fourth-order valence-electron chi connectivity index (χ4n) is 4.06. The first-order valence-electron chi connectivity index (χ1n) is 9.84. The van der Waals surface area contributed by atoms with Crippen LogP contribution in [0.5, 0.6) is 0 Å². The van der Waals surface area contributed by atoms with Crippen molar-refractivity contribution >= 4 is 17.7 Å². The summed E-state index contributed by atoms with van der Waals surface area (Å²) in [6.45, 7) is 5.42. The zero-order chi connectivity index (χ0) is 19.6. The summed E-state index contributed by atoms with van der Waals surface area (Å²) in [7, 11) is 0. The van der Waals surface area contributed by atoms with Crippen molar-refractivity contribution in [2.24, 2.45) is 0 Å². The number of ether oxygens (including phenoxy) is 1. The molecule has 2 aromatic rings. The molecule has 2 aliphatic rings. The first-order chi connectivity index (χ1) is 13.5. The lowest BCUT2D eigenvalue weighted by atomic mass is 9.90. The van der Waals surface area contributed by atoms with Gasteiger partial charge in [-0.1, -0.05) is 24.3 Å². The number of nitrogens with two attached hydrogens (primary N) is 1. The molecule has 0 unspecified atom stereocenters. The minimum Gasteiger partial charge on any atom is -0.384 e. The number of carbonyl (C=O) groups excluding carboxylic acids is 1. The predicted octanol–water partition coefficient (Wildman–Crippen LogP) is 2.16. The first-order valence-corrected chi connectivity index (χ1v) is 9.84. The number of benzene rings is 1. The van der Waals surface area contributed by atoms with Gasteiger partial charge in [-0.05, 0) is 37.0 Å². The minimum atomic E-state index is -0.300.